The van der Waals surface area contributed by atoms with Crippen molar-refractivity contribution in [2.45, 2.75) is 18.6 Å². The first-order chi connectivity index (χ1) is 11.0. The van der Waals surface area contributed by atoms with E-state index in [0.29, 0.717) is 0 Å². The predicted octanol–water partition coefficient (Wildman–Crippen LogP) is 1.38. The first-order valence-corrected chi connectivity index (χ1v) is 9.07. The van der Waals surface area contributed by atoms with Gasteiger partial charge in [0.25, 0.3) is 0 Å². The van der Waals surface area contributed by atoms with Crippen LogP contribution >= 0.6 is 12.4 Å². The van der Waals surface area contributed by atoms with Crippen molar-refractivity contribution in [2.75, 3.05) is 25.2 Å². The number of amides is 1. The maximum atomic E-state index is 12.8. The second kappa shape index (κ2) is 9.83. The molecule has 1 amide bonds. The van der Waals surface area contributed by atoms with Crippen molar-refractivity contribution in [1.82, 2.24) is 5.32 Å². The van der Waals surface area contributed by atoms with Gasteiger partial charge in [-0.25, -0.2) is 8.42 Å². The largest absolute Gasteiger partial charge is 0.491 e. The minimum absolute atomic E-state index is 0. The maximum Gasteiger partial charge on any atom is 0.419 e. The minimum atomic E-state index is -4.53. The monoisotopic (exact) mass is 404 g/mol. The van der Waals surface area contributed by atoms with Crippen LogP contribution in [0.5, 0.6) is 5.75 Å². The van der Waals surface area contributed by atoms with Crippen molar-refractivity contribution in [1.29, 1.82) is 0 Å². The van der Waals surface area contributed by atoms with Crippen LogP contribution in [0.15, 0.2) is 24.3 Å². The van der Waals surface area contributed by atoms with Gasteiger partial charge in [-0.3, -0.25) is 4.79 Å². The van der Waals surface area contributed by atoms with Crippen molar-refractivity contribution >= 4 is 28.2 Å². The van der Waals surface area contributed by atoms with Crippen LogP contribution in [-0.4, -0.2) is 45.5 Å². The highest BCUT2D eigenvalue weighted by Gasteiger charge is 2.33. The first kappa shape index (κ1) is 23.5. The predicted molar refractivity (Wildman–Crippen MR) is 89.5 cm³/mol. The van der Waals surface area contributed by atoms with Crippen LogP contribution in [0.1, 0.15) is 12.0 Å². The molecule has 0 radical (unpaired) electrons. The van der Waals surface area contributed by atoms with E-state index in [-0.39, 0.29) is 43.5 Å². The van der Waals surface area contributed by atoms with Gasteiger partial charge in [-0.2, -0.15) is 13.2 Å². The third kappa shape index (κ3) is 8.94. The van der Waals surface area contributed by atoms with Crippen LogP contribution in [0.4, 0.5) is 13.2 Å². The van der Waals surface area contributed by atoms with Gasteiger partial charge in [0, 0.05) is 6.26 Å². The van der Waals surface area contributed by atoms with E-state index in [1.807, 2.05) is 0 Å². The van der Waals surface area contributed by atoms with Gasteiger partial charge in [-0.05, 0) is 18.6 Å². The molecule has 6 nitrogen and oxygen atoms in total. The summed E-state index contributed by atoms with van der Waals surface area (Å²) in [5.41, 5.74) is 4.63. The molecule has 1 aromatic rings. The number of hydrogen-bond donors (Lipinski definition) is 2. The minimum Gasteiger partial charge on any atom is -0.491 e. The van der Waals surface area contributed by atoms with Crippen molar-refractivity contribution in [2.24, 2.45) is 5.73 Å². The number of alkyl halides is 3. The van der Waals surface area contributed by atoms with Gasteiger partial charge in [0.1, 0.15) is 22.2 Å². The molecule has 0 fully saturated rings. The molecule has 3 N–H and O–H groups in total. The Hall–Kier alpha value is -1.52. The summed E-state index contributed by atoms with van der Waals surface area (Å²) < 4.78 is 65.3. The summed E-state index contributed by atoms with van der Waals surface area (Å²) in [7, 11) is -3.22. The van der Waals surface area contributed by atoms with Crippen molar-refractivity contribution < 1.29 is 31.1 Å². The van der Waals surface area contributed by atoms with E-state index in [1.54, 1.807) is 0 Å². The Morgan fingerprint density at radius 3 is 2.48 bits per heavy atom. The van der Waals surface area contributed by atoms with Crippen LogP contribution in [0.3, 0.4) is 0 Å². The van der Waals surface area contributed by atoms with E-state index < -0.39 is 33.5 Å². The zero-order chi connectivity index (χ0) is 18.4. The highest BCUT2D eigenvalue weighted by atomic mass is 35.5. The Labute approximate surface area is 150 Å². The van der Waals surface area contributed by atoms with Gasteiger partial charge >= 0.3 is 6.18 Å². The highest BCUT2D eigenvalue weighted by Crippen LogP contribution is 2.35. The quantitative estimate of drug-likeness (QED) is 0.638. The van der Waals surface area contributed by atoms with Crippen LogP contribution in [0.2, 0.25) is 0 Å². The molecule has 1 rings (SSSR count). The molecular formula is C14H20ClF3N2O4S. The van der Waals surface area contributed by atoms with Gasteiger partial charge in [-0.1, -0.05) is 12.1 Å². The molecule has 0 aromatic heterocycles. The van der Waals surface area contributed by atoms with E-state index in [2.05, 4.69) is 5.32 Å². The number of ether oxygens (including phenoxy) is 1. The molecule has 144 valence electrons. The van der Waals surface area contributed by atoms with E-state index in [1.165, 1.54) is 18.2 Å². The summed E-state index contributed by atoms with van der Waals surface area (Å²) in [5.74, 6) is -1.15. The molecule has 11 heteroatoms. The molecule has 0 aliphatic heterocycles. The van der Waals surface area contributed by atoms with E-state index in [4.69, 9.17) is 10.5 Å². The Morgan fingerprint density at radius 1 is 1.32 bits per heavy atom. The zero-order valence-electron chi connectivity index (χ0n) is 13.4. The number of para-hydroxylation sites is 1. The zero-order valence-corrected chi connectivity index (χ0v) is 15.0. The third-order valence-corrected chi connectivity index (χ3v) is 3.97. The molecule has 1 atom stereocenters. The molecule has 1 unspecified atom stereocenters. The van der Waals surface area contributed by atoms with Gasteiger partial charge < -0.3 is 15.8 Å². The second-order valence-corrected chi connectivity index (χ2v) is 7.42. The van der Waals surface area contributed by atoms with Gasteiger partial charge in [-0.15, -0.1) is 12.4 Å². The first-order valence-electron chi connectivity index (χ1n) is 7.01. The summed E-state index contributed by atoms with van der Waals surface area (Å²) in [6.07, 6.45) is -3.54. The third-order valence-electron chi connectivity index (χ3n) is 2.99. The maximum absolute atomic E-state index is 12.8. The van der Waals surface area contributed by atoms with Gasteiger partial charge in [0.05, 0.1) is 23.9 Å². The molecule has 0 aliphatic rings. The van der Waals surface area contributed by atoms with E-state index in [9.17, 15) is 26.4 Å². The molecule has 25 heavy (non-hydrogen) atoms. The standard InChI is InChI=1S/C14H19F3N2O4S.ClH/c1-24(21,22)9-6-11(18)13(20)19-7-8-23-12-5-3-2-4-10(12)14(15,16)17;/h2-5,11H,6-9,18H2,1H3,(H,19,20);1H. The van der Waals surface area contributed by atoms with Crippen LogP contribution < -0.4 is 15.8 Å². The Kier molecular flexibility index (Phi) is 9.23. The lowest BCUT2D eigenvalue weighted by Gasteiger charge is -2.15. The molecule has 0 saturated carbocycles. The number of nitrogens with one attached hydrogen (secondary N) is 1. The summed E-state index contributed by atoms with van der Waals surface area (Å²) in [5, 5.41) is 2.38. The van der Waals surface area contributed by atoms with Crippen LogP contribution in [-0.2, 0) is 20.8 Å². The lowest BCUT2D eigenvalue weighted by Crippen LogP contribution is -2.43. The number of sulfone groups is 1. The van der Waals surface area contributed by atoms with Gasteiger partial charge in [0.2, 0.25) is 5.91 Å². The fourth-order valence-electron chi connectivity index (χ4n) is 1.77. The van der Waals surface area contributed by atoms with Crippen molar-refractivity contribution in [3.05, 3.63) is 29.8 Å². The number of carbonyl (C=O) groups is 1. The normalized spacial score (nSPS) is 12.8. The average Bonchev–Trinajstić information content (AvgIpc) is 2.47. The fraction of sp³-hybridized carbons (Fsp3) is 0.500. The molecule has 1 aromatic carbocycles. The Balaban J connectivity index is 0.00000576. The summed E-state index contributed by atoms with van der Waals surface area (Å²) in [4.78, 5) is 11.6. The van der Waals surface area contributed by atoms with Crippen LogP contribution in [0, 0.1) is 0 Å². The molecule has 0 spiro atoms. The number of halogens is 4. The lowest BCUT2D eigenvalue weighted by atomic mass is 10.2. The number of carbonyl (C=O) groups excluding carboxylic acids is 1. The van der Waals surface area contributed by atoms with Gasteiger partial charge in [0.15, 0.2) is 0 Å². The van der Waals surface area contributed by atoms with Crippen molar-refractivity contribution in [3.63, 3.8) is 0 Å². The SMILES string of the molecule is CS(=O)(=O)CCC(N)C(=O)NCCOc1ccccc1C(F)(F)F.Cl. The summed E-state index contributed by atoms with van der Waals surface area (Å²) in [6, 6.07) is 3.72. The molecule has 0 saturated heterocycles. The smallest absolute Gasteiger partial charge is 0.419 e. The summed E-state index contributed by atoms with van der Waals surface area (Å²) >= 11 is 0. The Morgan fingerprint density at radius 2 is 1.92 bits per heavy atom. The topological polar surface area (TPSA) is 98.5 Å². The number of nitrogens with two attached hydrogens (primary N) is 1. The lowest BCUT2D eigenvalue weighted by molar-refractivity contribution is -0.139. The molecule has 0 bridgehead atoms. The Bertz CT molecular complexity index is 668. The van der Waals surface area contributed by atoms with E-state index >= 15 is 0 Å². The molecule has 0 heterocycles. The van der Waals surface area contributed by atoms with E-state index in [0.717, 1.165) is 12.3 Å². The average molecular weight is 405 g/mol. The molecular weight excluding hydrogens is 385 g/mol. The number of benzene rings is 1. The number of hydrogen-bond acceptors (Lipinski definition) is 5. The number of rotatable bonds is 8. The highest BCUT2D eigenvalue weighted by molar-refractivity contribution is 7.90. The van der Waals surface area contributed by atoms with Crippen molar-refractivity contribution in [3.8, 4) is 5.75 Å². The molecule has 0 aliphatic carbocycles. The second-order valence-electron chi connectivity index (χ2n) is 5.16. The van der Waals surface area contributed by atoms with Crippen LogP contribution in [0.25, 0.3) is 0 Å². The summed E-state index contributed by atoms with van der Waals surface area (Å²) in [6.45, 7) is -0.241. The fourth-order valence-corrected chi connectivity index (χ4v) is 2.45.